The molecule has 3 aromatic carbocycles. The van der Waals surface area contributed by atoms with Crippen LogP contribution in [-0.2, 0) is 16.1 Å². The second-order valence-electron chi connectivity index (χ2n) is 8.31. The maximum atomic E-state index is 13.5. The van der Waals surface area contributed by atoms with Crippen LogP contribution in [0.1, 0.15) is 35.2 Å². The first-order valence-electron chi connectivity index (χ1n) is 11.2. The SMILES string of the molecule is Cc1ccc(CNC(=O)C(C)SC2=Nc3ccccc3C3=NC(c4ccccc4)C(=O)N23)cc1. The molecule has 7 heteroatoms. The third kappa shape index (κ3) is 4.26. The lowest BCUT2D eigenvalue weighted by Crippen LogP contribution is -2.41. The third-order valence-corrected chi connectivity index (χ3v) is 6.88. The molecule has 2 amide bonds. The zero-order valence-corrected chi connectivity index (χ0v) is 19.8. The summed E-state index contributed by atoms with van der Waals surface area (Å²) in [5, 5.41) is 3.01. The van der Waals surface area contributed by atoms with Gasteiger partial charge >= 0.3 is 0 Å². The summed E-state index contributed by atoms with van der Waals surface area (Å²) in [6.07, 6.45) is 0. The highest BCUT2D eigenvalue weighted by Gasteiger charge is 2.42. The van der Waals surface area contributed by atoms with E-state index >= 15 is 0 Å². The standard InChI is InChI=1S/C27H24N4O2S/c1-17-12-14-19(15-13-17)16-28-25(32)18(2)34-27-29-22-11-7-6-10-21(22)24-30-23(26(33)31(24)27)20-8-4-3-5-9-20/h3-15,18,23H,16H2,1-2H3,(H,28,32). The first-order chi connectivity index (χ1) is 16.5. The van der Waals surface area contributed by atoms with Gasteiger partial charge in [0.25, 0.3) is 5.91 Å². The van der Waals surface area contributed by atoms with Gasteiger partial charge in [0.15, 0.2) is 11.2 Å². The maximum absolute atomic E-state index is 13.5. The van der Waals surface area contributed by atoms with Crippen molar-refractivity contribution in [2.24, 2.45) is 9.98 Å². The lowest BCUT2D eigenvalue weighted by Gasteiger charge is -2.26. The lowest BCUT2D eigenvalue weighted by atomic mass is 10.1. The first kappa shape index (κ1) is 22.1. The van der Waals surface area contributed by atoms with Crippen molar-refractivity contribution in [1.82, 2.24) is 10.2 Å². The van der Waals surface area contributed by atoms with Crippen LogP contribution in [-0.4, -0.2) is 33.0 Å². The number of fused-ring (bicyclic) bond motifs is 3. The minimum atomic E-state index is -0.626. The summed E-state index contributed by atoms with van der Waals surface area (Å²) in [4.78, 5) is 37.4. The van der Waals surface area contributed by atoms with Crippen molar-refractivity contribution >= 4 is 40.3 Å². The Morgan fingerprint density at radius 3 is 2.50 bits per heavy atom. The summed E-state index contributed by atoms with van der Waals surface area (Å²) in [7, 11) is 0. The molecule has 5 rings (SSSR count). The molecule has 2 heterocycles. The Morgan fingerprint density at radius 1 is 1.03 bits per heavy atom. The van der Waals surface area contributed by atoms with E-state index in [0.717, 1.165) is 22.4 Å². The highest BCUT2D eigenvalue weighted by molar-refractivity contribution is 8.15. The molecule has 0 fully saturated rings. The molecule has 2 unspecified atom stereocenters. The molecule has 0 spiro atoms. The predicted octanol–water partition coefficient (Wildman–Crippen LogP) is 4.76. The van der Waals surface area contributed by atoms with Crippen molar-refractivity contribution in [2.75, 3.05) is 0 Å². The lowest BCUT2D eigenvalue weighted by molar-refractivity contribution is -0.124. The van der Waals surface area contributed by atoms with Crippen LogP contribution in [0.4, 0.5) is 5.69 Å². The second-order valence-corrected chi connectivity index (χ2v) is 9.62. The van der Waals surface area contributed by atoms with Crippen molar-refractivity contribution < 1.29 is 9.59 Å². The number of hydrogen-bond acceptors (Lipinski definition) is 5. The van der Waals surface area contributed by atoms with E-state index in [1.54, 1.807) is 4.90 Å². The number of nitrogens with zero attached hydrogens (tertiary/aromatic N) is 3. The average molecular weight is 469 g/mol. The topological polar surface area (TPSA) is 74.1 Å². The van der Waals surface area contributed by atoms with Crippen LogP contribution < -0.4 is 5.32 Å². The van der Waals surface area contributed by atoms with E-state index in [2.05, 4.69) is 5.32 Å². The molecule has 0 bridgehead atoms. The van der Waals surface area contributed by atoms with E-state index in [-0.39, 0.29) is 11.8 Å². The van der Waals surface area contributed by atoms with E-state index in [4.69, 9.17) is 9.98 Å². The zero-order valence-electron chi connectivity index (χ0n) is 18.9. The Morgan fingerprint density at radius 2 is 1.74 bits per heavy atom. The van der Waals surface area contributed by atoms with Gasteiger partial charge in [-0.05, 0) is 37.1 Å². The molecule has 170 valence electrons. The molecule has 0 saturated heterocycles. The Kier molecular flexibility index (Phi) is 6.02. The number of aryl methyl sites for hydroxylation is 1. The average Bonchev–Trinajstić information content (AvgIpc) is 3.22. The number of carbonyl (C=O) groups excluding carboxylic acids is 2. The molecule has 34 heavy (non-hydrogen) atoms. The van der Waals surface area contributed by atoms with Crippen LogP contribution in [0.25, 0.3) is 0 Å². The molecule has 1 N–H and O–H groups in total. The second kappa shape index (κ2) is 9.27. The summed E-state index contributed by atoms with van der Waals surface area (Å²) in [5.41, 5.74) is 4.61. The van der Waals surface area contributed by atoms with Crippen LogP contribution in [0.5, 0.6) is 0 Å². The van der Waals surface area contributed by atoms with E-state index in [1.807, 2.05) is 92.7 Å². The van der Waals surface area contributed by atoms with Gasteiger partial charge in [0, 0.05) is 12.1 Å². The molecule has 2 atom stereocenters. The summed E-state index contributed by atoms with van der Waals surface area (Å²) in [5.74, 6) is 0.310. The van der Waals surface area contributed by atoms with Crippen LogP contribution in [0.3, 0.4) is 0 Å². The number of amidine groups is 2. The van der Waals surface area contributed by atoms with E-state index in [9.17, 15) is 9.59 Å². The monoisotopic (exact) mass is 468 g/mol. The summed E-state index contributed by atoms with van der Waals surface area (Å²) in [6.45, 7) is 4.30. The van der Waals surface area contributed by atoms with Gasteiger partial charge in [0.05, 0.1) is 10.9 Å². The fraction of sp³-hybridized carbons (Fsp3) is 0.185. The van der Waals surface area contributed by atoms with Gasteiger partial charge in [-0.3, -0.25) is 9.59 Å². The Bertz CT molecular complexity index is 1300. The molecule has 2 aliphatic rings. The van der Waals surface area contributed by atoms with Gasteiger partial charge in [-0.15, -0.1) is 0 Å². The van der Waals surface area contributed by atoms with Crippen molar-refractivity contribution in [3.63, 3.8) is 0 Å². The molecular formula is C27H24N4O2S. The molecule has 2 aliphatic heterocycles. The summed E-state index contributed by atoms with van der Waals surface area (Å²) in [6, 6.07) is 24.6. The molecule has 0 aliphatic carbocycles. The Labute approximate surface area is 202 Å². The normalized spacial score (nSPS) is 17.4. The quantitative estimate of drug-likeness (QED) is 0.587. The highest BCUT2D eigenvalue weighted by Crippen LogP contribution is 2.38. The number of thioether (sulfide) groups is 1. The number of carbonyl (C=O) groups is 2. The fourth-order valence-corrected chi connectivity index (χ4v) is 4.87. The van der Waals surface area contributed by atoms with Gasteiger partial charge in [-0.2, -0.15) is 0 Å². The van der Waals surface area contributed by atoms with Crippen LogP contribution >= 0.6 is 11.8 Å². The van der Waals surface area contributed by atoms with E-state index in [0.29, 0.717) is 17.5 Å². The van der Waals surface area contributed by atoms with E-state index in [1.165, 1.54) is 17.3 Å². The molecule has 3 aromatic rings. The number of nitrogens with one attached hydrogen (secondary N) is 1. The predicted molar refractivity (Wildman–Crippen MR) is 136 cm³/mol. The van der Waals surface area contributed by atoms with Crippen molar-refractivity contribution in [3.8, 4) is 0 Å². The number of benzene rings is 3. The Hall–Kier alpha value is -3.71. The molecule has 6 nitrogen and oxygen atoms in total. The summed E-state index contributed by atoms with van der Waals surface area (Å²) < 4.78 is 0. The molecule has 0 saturated carbocycles. The van der Waals surface area contributed by atoms with Crippen molar-refractivity contribution in [2.45, 2.75) is 31.7 Å². The summed E-state index contributed by atoms with van der Waals surface area (Å²) >= 11 is 1.27. The maximum Gasteiger partial charge on any atom is 0.263 e. The van der Waals surface area contributed by atoms with E-state index < -0.39 is 11.3 Å². The number of hydrogen-bond donors (Lipinski definition) is 1. The molecular weight excluding hydrogens is 444 g/mol. The number of rotatable bonds is 5. The van der Waals surface area contributed by atoms with Gasteiger partial charge in [0.2, 0.25) is 5.91 Å². The van der Waals surface area contributed by atoms with Gasteiger partial charge < -0.3 is 5.32 Å². The largest absolute Gasteiger partial charge is 0.351 e. The van der Waals surface area contributed by atoms with Gasteiger partial charge in [-0.1, -0.05) is 84.1 Å². The number of aliphatic imine (C=N–C) groups is 2. The van der Waals surface area contributed by atoms with Crippen molar-refractivity contribution in [3.05, 3.63) is 101 Å². The highest BCUT2D eigenvalue weighted by atomic mass is 32.2. The minimum absolute atomic E-state index is 0.114. The van der Waals surface area contributed by atoms with Crippen LogP contribution in [0.2, 0.25) is 0 Å². The van der Waals surface area contributed by atoms with Crippen LogP contribution in [0.15, 0.2) is 88.8 Å². The van der Waals surface area contributed by atoms with Gasteiger partial charge in [-0.25, -0.2) is 14.9 Å². The smallest absolute Gasteiger partial charge is 0.263 e. The van der Waals surface area contributed by atoms with Crippen LogP contribution in [0, 0.1) is 6.92 Å². The number of para-hydroxylation sites is 1. The molecule has 0 aromatic heterocycles. The van der Waals surface area contributed by atoms with Crippen molar-refractivity contribution in [1.29, 1.82) is 0 Å². The minimum Gasteiger partial charge on any atom is -0.351 e. The van der Waals surface area contributed by atoms with Gasteiger partial charge in [0.1, 0.15) is 5.84 Å². The zero-order chi connectivity index (χ0) is 23.7. The number of amides is 2. The Balaban J connectivity index is 1.37. The third-order valence-electron chi connectivity index (χ3n) is 5.82. The fourth-order valence-electron chi connectivity index (χ4n) is 3.93. The first-order valence-corrected chi connectivity index (χ1v) is 12.0. The molecule has 0 radical (unpaired) electrons.